The molecule has 1 aromatic carbocycles. The van der Waals surface area contributed by atoms with Crippen LogP contribution in [0.4, 0.5) is 5.69 Å². The van der Waals surface area contributed by atoms with Gasteiger partial charge in [-0.05, 0) is 50.9 Å². The Bertz CT molecular complexity index is 529. The zero-order valence-corrected chi connectivity index (χ0v) is 12.8. The fourth-order valence-corrected chi connectivity index (χ4v) is 2.87. The molecule has 1 atom stereocenters. The molecule has 0 aliphatic heterocycles. The standard InChI is InChI=1S/C17H23N3O/c1-13(20(2)12-14-6-3-4-7-14)17(21)19-16-9-5-8-15(10-16)11-18/h5,8-10,13-14H,3-4,6-7,12H2,1-2H3,(H,19,21). The molecule has 1 saturated carbocycles. The Labute approximate surface area is 126 Å². The zero-order valence-electron chi connectivity index (χ0n) is 12.8. The van der Waals surface area contributed by atoms with Crippen LogP contribution in [0, 0.1) is 17.2 Å². The van der Waals surface area contributed by atoms with Crippen molar-refractivity contribution in [2.45, 2.75) is 38.6 Å². The first-order valence-corrected chi connectivity index (χ1v) is 7.61. The van der Waals surface area contributed by atoms with E-state index in [-0.39, 0.29) is 11.9 Å². The third kappa shape index (κ3) is 4.30. The largest absolute Gasteiger partial charge is 0.325 e. The Balaban J connectivity index is 1.90. The maximum Gasteiger partial charge on any atom is 0.241 e. The van der Waals surface area contributed by atoms with Gasteiger partial charge >= 0.3 is 0 Å². The highest BCUT2D eigenvalue weighted by Crippen LogP contribution is 2.25. The van der Waals surface area contributed by atoms with E-state index in [0.717, 1.165) is 12.5 Å². The number of rotatable bonds is 5. The van der Waals surface area contributed by atoms with Gasteiger partial charge in [-0.3, -0.25) is 9.69 Å². The second kappa shape index (κ2) is 7.24. The van der Waals surface area contributed by atoms with Crippen LogP contribution in [0.1, 0.15) is 38.2 Å². The number of carbonyl (C=O) groups is 1. The molecule has 0 heterocycles. The highest BCUT2D eigenvalue weighted by Gasteiger charge is 2.23. The molecular weight excluding hydrogens is 262 g/mol. The average molecular weight is 285 g/mol. The molecule has 21 heavy (non-hydrogen) atoms. The SMILES string of the molecule is CC(C(=O)Nc1cccc(C#N)c1)N(C)CC1CCCC1. The van der Waals surface area contributed by atoms with Crippen LogP contribution in [0.3, 0.4) is 0 Å². The van der Waals surface area contributed by atoms with Crippen LogP contribution in [0.15, 0.2) is 24.3 Å². The highest BCUT2D eigenvalue weighted by atomic mass is 16.2. The van der Waals surface area contributed by atoms with Crippen molar-refractivity contribution < 1.29 is 4.79 Å². The van der Waals surface area contributed by atoms with E-state index in [1.807, 2.05) is 20.0 Å². The molecule has 0 bridgehead atoms. The van der Waals surface area contributed by atoms with Gasteiger partial charge in [0.2, 0.25) is 5.91 Å². The van der Waals surface area contributed by atoms with Crippen molar-refractivity contribution >= 4 is 11.6 Å². The molecule has 1 aliphatic carbocycles. The number of hydrogen-bond donors (Lipinski definition) is 1. The van der Waals surface area contributed by atoms with Crippen molar-refractivity contribution in [2.75, 3.05) is 18.9 Å². The van der Waals surface area contributed by atoms with Crippen molar-refractivity contribution in [1.29, 1.82) is 5.26 Å². The number of hydrogen-bond acceptors (Lipinski definition) is 3. The van der Waals surface area contributed by atoms with Gasteiger partial charge < -0.3 is 5.32 Å². The van der Waals surface area contributed by atoms with E-state index in [1.165, 1.54) is 25.7 Å². The predicted octanol–water partition coefficient (Wildman–Crippen LogP) is 3.01. The molecule has 0 saturated heterocycles. The van der Waals surface area contributed by atoms with Gasteiger partial charge in [-0.15, -0.1) is 0 Å². The van der Waals surface area contributed by atoms with E-state index < -0.39 is 0 Å². The molecule has 1 unspecified atom stereocenters. The Kier molecular flexibility index (Phi) is 5.35. The number of likely N-dealkylation sites (N-methyl/N-ethyl adjacent to an activating group) is 1. The summed E-state index contributed by atoms with van der Waals surface area (Å²) < 4.78 is 0. The lowest BCUT2D eigenvalue weighted by molar-refractivity contribution is -0.120. The summed E-state index contributed by atoms with van der Waals surface area (Å²) in [7, 11) is 2.01. The Morgan fingerprint density at radius 2 is 2.19 bits per heavy atom. The van der Waals surface area contributed by atoms with Gasteiger partial charge in [0, 0.05) is 12.2 Å². The molecule has 1 aliphatic rings. The predicted molar refractivity (Wildman–Crippen MR) is 83.8 cm³/mol. The minimum atomic E-state index is -0.170. The molecule has 1 fully saturated rings. The summed E-state index contributed by atoms with van der Waals surface area (Å²) in [5, 5.41) is 11.8. The fraction of sp³-hybridized carbons (Fsp3) is 0.529. The summed E-state index contributed by atoms with van der Waals surface area (Å²) in [5.41, 5.74) is 1.24. The minimum absolute atomic E-state index is 0.0226. The lowest BCUT2D eigenvalue weighted by Gasteiger charge is -2.26. The normalized spacial score (nSPS) is 16.7. The van der Waals surface area contributed by atoms with Crippen LogP contribution in [0.2, 0.25) is 0 Å². The molecule has 1 amide bonds. The Morgan fingerprint density at radius 3 is 2.86 bits per heavy atom. The van der Waals surface area contributed by atoms with E-state index >= 15 is 0 Å². The van der Waals surface area contributed by atoms with Crippen molar-refractivity contribution in [3.8, 4) is 6.07 Å². The van der Waals surface area contributed by atoms with Crippen LogP contribution < -0.4 is 5.32 Å². The highest BCUT2D eigenvalue weighted by molar-refractivity contribution is 5.94. The lowest BCUT2D eigenvalue weighted by Crippen LogP contribution is -2.41. The molecule has 0 radical (unpaired) electrons. The number of amides is 1. The summed E-state index contributed by atoms with van der Waals surface area (Å²) in [4.78, 5) is 14.4. The van der Waals surface area contributed by atoms with E-state index in [9.17, 15) is 4.79 Å². The van der Waals surface area contributed by atoms with Gasteiger partial charge in [-0.1, -0.05) is 18.9 Å². The maximum absolute atomic E-state index is 12.3. The first-order chi connectivity index (χ1) is 10.1. The minimum Gasteiger partial charge on any atom is -0.325 e. The summed E-state index contributed by atoms with van der Waals surface area (Å²) >= 11 is 0. The molecule has 4 heteroatoms. The maximum atomic E-state index is 12.3. The first kappa shape index (κ1) is 15.5. The average Bonchev–Trinajstić information content (AvgIpc) is 2.99. The molecule has 2 rings (SSSR count). The Hall–Kier alpha value is -1.86. The van der Waals surface area contributed by atoms with Gasteiger partial charge in [-0.25, -0.2) is 0 Å². The number of benzene rings is 1. The van der Waals surface area contributed by atoms with Crippen molar-refractivity contribution in [3.63, 3.8) is 0 Å². The van der Waals surface area contributed by atoms with Gasteiger partial charge in [0.05, 0.1) is 17.7 Å². The van der Waals surface area contributed by atoms with E-state index in [1.54, 1.807) is 18.2 Å². The molecule has 112 valence electrons. The van der Waals surface area contributed by atoms with Gasteiger partial charge in [0.15, 0.2) is 0 Å². The fourth-order valence-electron chi connectivity index (χ4n) is 2.87. The number of carbonyl (C=O) groups excluding carboxylic acids is 1. The lowest BCUT2D eigenvalue weighted by atomic mass is 10.1. The van der Waals surface area contributed by atoms with Crippen molar-refractivity contribution in [3.05, 3.63) is 29.8 Å². The number of anilines is 1. The second-order valence-corrected chi connectivity index (χ2v) is 5.95. The smallest absolute Gasteiger partial charge is 0.241 e. The van der Waals surface area contributed by atoms with E-state index in [4.69, 9.17) is 5.26 Å². The molecule has 1 N–H and O–H groups in total. The van der Waals surface area contributed by atoms with Gasteiger partial charge in [0.25, 0.3) is 0 Å². The quantitative estimate of drug-likeness (QED) is 0.904. The molecule has 4 nitrogen and oxygen atoms in total. The molecule has 1 aromatic rings. The monoisotopic (exact) mass is 285 g/mol. The molecular formula is C17H23N3O. The summed E-state index contributed by atoms with van der Waals surface area (Å²) in [6.45, 7) is 2.91. The third-order valence-electron chi connectivity index (χ3n) is 4.32. The molecule has 0 aromatic heterocycles. The van der Waals surface area contributed by atoms with Crippen LogP contribution in [0.5, 0.6) is 0 Å². The van der Waals surface area contributed by atoms with Gasteiger partial charge in [-0.2, -0.15) is 5.26 Å². The summed E-state index contributed by atoms with van der Waals surface area (Å²) in [6.07, 6.45) is 5.20. The van der Waals surface area contributed by atoms with Crippen molar-refractivity contribution in [2.24, 2.45) is 5.92 Å². The van der Waals surface area contributed by atoms with Crippen LogP contribution in [-0.4, -0.2) is 30.4 Å². The van der Waals surface area contributed by atoms with Gasteiger partial charge in [0.1, 0.15) is 0 Å². The van der Waals surface area contributed by atoms with E-state index in [2.05, 4.69) is 16.3 Å². The van der Waals surface area contributed by atoms with E-state index in [0.29, 0.717) is 11.3 Å². The number of nitrogens with one attached hydrogen (secondary N) is 1. The second-order valence-electron chi connectivity index (χ2n) is 5.95. The summed E-state index contributed by atoms with van der Waals surface area (Å²) in [6, 6.07) is 8.92. The first-order valence-electron chi connectivity index (χ1n) is 7.61. The summed E-state index contributed by atoms with van der Waals surface area (Å²) in [5.74, 6) is 0.706. The topological polar surface area (TPSA) is 56.1 Å². The Morgan fingerprint density at radius 1 is 1.48 bits per heavy atom. The van der Waals surface area contributed by atoms with Crippen LogP contribution in [-0.2, 0) is 4.79 Å². The van der Waals surface area contributed by atoms with Crippen molar-refractivity contribution in [1.82, 2.24) is 4.90 Å². The zero-order chi connectivity index (χ0) is 15.2. The molecule has 0 spiro atoms. The van der Waals surface area contributed by atoms with Crippen LogP contribution >= 0.6 is 0 Å². The number of nitriles is 1. The number of nitrogens with zero attached hydrogens (tertiary/aromatic N) is 2. The third-order valence-corrected chi connectivity index (χ3v) is 4.32. The van der Waals surface area contributed by atoms with Crippen LogP contribution in [0.25, 0.3) is 0 Å².